The van der Waals surface area contributed by atoms with Gasteiger partial charge in [0, 0.05) is 21.3 Å². The van der Waals surface area contributed by atoms with E-state index in [0.717, 1.165) is 17.7 Å². The first-order chi connectivity index (χ1) is 14.5. The van der Waals surface area contributed by atoms with E-state index < -0.39 is 5.91 Å². The molecule has 0 aliphatic heterocycles. The van der Waals surface area contributed by atoms with Crippen molar-refractivity contribution >= 4 is 34.8 Å². The normalized spacial score (nSPS) is 10.8. The molecule has 4 aromatic rings. The number of hydrogen-bond acceptors (Lipinski definition) is 3. The minimum Gasteiger partial charge on any atom is -0.319 e. The first-order valence-electron chi connectivity index (χ1n) is 9.42. The largest absolute Gasteiger partial charge is 0.319 e. The molecular formula is C23H18Cl2N4O. The van der Waals surface area contributed by atoms with Gasteiger partial charge in [0.2, 0.25) is 5.82 Å². The quantitative estimate of drug-likeness (QED) is 0.413. The molecule has 1 aromatic heterocycles. The molecule has 3 aromatic carbocycles. The molecule has 0 spiro atoms. The summed E-state index contributed by atoms with van der Waals surface area (Å²) in [4.78, 5) is 17.3. The van der Waals surface area contributed by atoms with Gasteiger partial charge in [-0.1, -0.05) is 54.4 Å². The van der Waals surface area contributed by atoms with Crippen LogP contribution in [0.1, 0.15) is 23.1 Å². The number of aromatic nitrogens is 3. The standard InChI is InChI=1S/C23H18Cl2N4O/c1-2-15-6-10-19(11-7-15)26-23(30)21-27-22(16-4-3-5-18(25)14-16)29(28-21)20-12-8-17(24)9-13-20/h3-14H,2H2,1H3,(H,26,30). The Hall–Kier alpha value is -3.15. The van der Waals surface area contributed by atoms with E-state index >= 15 is 0 Å². The van der Waals surface area contributed by atoms with E-state index in [1.165, 1.54) is 5.56 Å². The fourth-order valence-electron chi connectivity index (χ4n) is 3.00. The smallest absolute Gasteiger partial charge is 0.295 e. The van der Waals surface area contributed by atoms with Gasteiger partial charge in [-0.15, -0.1) is 5.10 Å². The number of hydrogen-bond donors (Lipinski definition) is 1. The summed E-state index contributed by atoms with van der Waals surface area (Å²) >= 11 is 12.2. The Labute approximate surface area is 184 Å². The van der Waals surface area contributed by atoms with Crippen LogP contribution >= 0.6 is 23.2 Å². The molecule has 30 heavy (non-hydrogen) atoms. The second-order valence-corrected chi connectivity index (χ2v) is 7.54. The third-order valence-electron chi connectivity index (χ3n) is 4.58. The number of carbonyl (C=O) groups excluding carboxylic acids is 1. The minimum absolute atomic E-state index is 0.0551. The number of carbonyl (C=O) groups is 1. The fraction of sp³-hybridized carbons (Fsp3) is 0.0870. The topological polar surface area (TPSA) is 59.8 Å². The van der Waals surface area contributed by atoms with Gasteiger partial charge in [0.1, 0.15) is 0 Å². The van der Waals surface area contributed by atoms with Crippen molar-refractivity contribution in [1.29, 1.82) is 0 Å². The molecule has 1 amide bonds. The molecule has 7 heteroatoms. The summed E-state index contributed by atoms with van der Waals surface area (Å²) in [7, 11) is 0. The number of anilines is 1. The van der Waals surface area contributed by atoms with Crippen LogP contribution in [0.2, 0.25) is 10.0 Å². The van der Waals surface area contributed by atoms with Gasteiger partial charge in [0.05, 0.1) is 5.69 Å². The number of nitrogens with one attached hydrogen (secondary N) is 1. The molecule has 5 nitrogen and oxygen atoms in total. The SMILES string of the molecule is CCc1ccc(NC(=O)c2nc(-c3cccc(Cl)c3)n(-c3ccc(Cl)cc3)n2)cc1. The van der Waals surface area contributed by atoms with Gasteiger partial charge in [-0.3, -0.25) is 4.79 Å². The molecular weight excluding hydrogens is 419 g/mol. The van der Waals surface area contributed by atoms with Crippen LogP contribution in [0.25, 0.3) is 17.1 Å². The highest BCUT2D eigenvalue weighted by molar-refractivity contribution is 6.31. The number of benzene rings is 3. The number of halogens is 2. The van der Waals surface area contributed by atoms with Crippen LogP contribution in [0.3, 0.4) is 0 Å². The van der Waals surface area contributed by atoms with Crippen molar-refractivity contribution in [2.45, 2.75) is 13.3 Å². The molecule has 150 valence electrons. The molecule has 0 atom stereocenters. The van der Waals surface area contributed by atoms with Crippen LogP contribution in [0, 0.1) is 0 Å². The fourth-order valence-corrected chi connectivity index (χ4v) is 3.31. The lowest BCUT2D eigenvalue weighted by Crippen LogP contribution is -2.14. The molecule has 1 heterocycles. The number of nitrogens with zero attached hydrogens (tertiary/aromatic N) is 3. The van der Waals surface area contributed by atoms with Crippen molar-refractivity contribution in [3.05, 3.63) is 94.2 Å². The summed E-state index contributed by atoms with van der Waals surface area (Å²) in [5.74, 6) is 0.168. The predicted octanol–water partition coefficient (Wildman–Crippen LogP) is 6.06. The van der Waals surface area contributed by atoms with Crippen LogP contribution in [-0.2, 0) is 6.42 Å². The minimum atomic E-state index is -0.393. The summed E-state index contributed by atoms with van der Waals surface area (Å²) in [6.07, 6.45) is 0.935. The van der Waals surface area contributed by atoms with E-state index in [2.05, 4.69) is 22.3 Å². The predicted molar refractivity (Wildman–Crippen MR) is 121 cm³/mol. The average molecular weight is 437 g/mol. The molecule has 0 fully saturated rings. The van der Waals surface area contributed by atoms with Gasteiger partial charge in [-0.25, -0.2) is 9.67 Å². The van der Waals surface area contributed by atoms with Crippen LogP contribution in [0.5, 0.6) is 0 Å². The maximum atomic E-state index is 12.8. The Morgan fingerprint density at radius 3 is 2.37 bits per heavy atom. The molecule has 4 rings (SSSR count). The number of aryl methyl sites for hydroxylation is 1. The van der Waals surface area contributed by atoms with Gasteiger partial charge in [0.25, 0.3) is 5.91 Å². The van der Waals surface area contributed by atoms with E-state index in [0.29, 0.717) is 21.6 Å². The van der Waals surface area contributed by atoms with Crippen molar-refractivity contribution in [2.75, 3.05) is 5.32 Å². The molecule has 0 aliphatic carbocycles. The second kappa shape index (κ2) is 8.69. The Morgan fingerprint density at radius 2 is 1.70 bits per heavy atom. The first-order valence-corrected chi connectivity index (χ1v) is 10.2. The van der Waals surface area contributed by atoms with Crippen molar-refractivity contribution in [2.24, 2.45) is 0 Å². The highest BCUT2D eigenvalue weighted by atomic mass is 35.5. The first kappa shape index (κ1) is 20.1. The van der Waals surface area contributed by atoms with E-state index in [-0.39, 0.29) is 5.82 Å². The zero-order chi connectivity index (χ0) is 21.1. The highest BCUT2D eigenvalue weighted by Crippen LogP contribution is 2.25. The molecule has 0 unspecified atom stereocenters. The Bertz CT molecular complexity index is 1180. The van der Waals surface area contributed by atoms with Crippen molar-refractivity contribution in [3.8, 4) is 17.1 Å². The van der Waals surface area contributed by atoms with Gasteiger partial charge >= 0.3 is 0 Å². The molecule has 1 N–H and O–H groups in total. The Morgan fingerprint density at radius 1 is 0.967 bits per heavy atom. The lowest BCUT2D eigenvalue weighted by atomic mass is 10.1. The van der Waals surface area contributed by atoms with E-state index in [4.69, 9.17) is 23.2 Å². The van der Waals surface area contributed by atoms with Gasteiger partial charge < -0.3 is 5.32 Å². The van der Waals surface area contributed by atoms with Crippen LogP contribution in [-0.4, -0.2) is 20.7 Å². The lowest BCUT2D eigenvalue weighted by Gasteiger charge is -2.06. The molecule has 0 bridgehead atoms. The van der Waals surface area contributed by atoms with E-state index in [9.17, 15) is 4.79 Å². The van der Waals surface area contributed by atoms with Gasteiger partial charge in [-0.2, -0.15) is 0 Å². The lowest BCUT2D eigenvalue weighted by molar-refractivity contribution is 0.101. The highest BCUT2D eigenvalue weighted by Gasteiger charge is 2.19. The summed E-state index contributed by atoms with van der Waals surface area (Å²) < 4.78 is 1.61. The molecule has 0 radical (unpaired) electrons. The molecule has 0 saturated carbocycles. The summed E-state index contributed by atoms with van der Waals surface area (Å²) in [6.45, 7) is 2.08. The summed E-state index contributed by atoms with van der Waals surface area (Å²) in [5.41, 5.74) is 3.36. The van der Waals surface area contributed by atoms with Crippen LogP contribution in [0.15, 0.2) is 72.8 Å². The average Bonchev–Trinajstić information content (AvgIpc) is 3.20. The van der Waals surface area contributed by atoms with Gasteiger partial charge in [0.15, 0.2) is 5.82 Å². The third kappa shape index (κ3) is 4.37. The third-order valence-corrected chi connectivity index (χ3v) is 5.07. The zero-order valence-corrected chi connectivity index (χ0v) is 17.7. The maximum Gasteiger partial charge on any atom is 0.295 e. The van der Waals surface area contributed by atoms with E-state index in [1.807, 2.05) is 48.5 Å². The second-order valence-electron chi connectivity index (χ2n) is 6.66. The number of amides is 1. The maximum absolute atomic E-state index is 12.8. The summed E-state index contributed by atoms with van der Waals surface area (Å²) in [5, 5.41) is 8.48. The van der Waals surface area contributed by atoms with Crippen molar-refractivity contribution in [1.82, 2.24) is 14.8 Å². The summed E-state index contributed by atoms with van der Waals surface area (Å²) in [6, 6.07) is 22.1. The zero-order valence-electron chi connectivity index (χ0n) is 16.1. The van der Waals surface area contributed by atoms with Crippen molar-refractivity contribution < 1.29 is 4.79 Å². The number of rotatable bonds is 5. The van der Waals surface area contributed by atoms with Gasteiger partial charge in [-0.05, 0) is 60.5 Å². The van der Waals surface area contributed by atoms with Crippen LogP contribution in [0.4, 0.5) is 5.69 Å². The Kier molecular flexibility index (Phi) is 5.84. The van der Waals surface area contributed by atoms with E-state index in [1.54, 1.807) is 28.9 Å². The Balaban J connectivity index is 1.72. The van der Waals surface area contributed by atoms with Crippen molar-refractivity contribution in [3.63, 3.8) is 0 Å². The molecule has 0 saturated heterocycles. The monoisotopic (exact) mass is 436 g/mol. The van der Waals surface area contributed by atoms with Crippen LogP contribution < -0.4 is 5.32 Å². The molecule has 0 aliphatic rings.